The van der Waals surface area contributed by atoms with E-state index < -0.39 is 0 Å². The summed E-state index contributed by atoms with van der Waals surface area (Å²) in [6.45, 7) is 2.29. The summed E-state index contributed by atoms with van der Waals surface area (Å²) >= 11 is 0. The van der Waals surface area contributed by atoms with Crippen molar-refractivity contribution in [1.29, 1.82) is 0 Å². The SMILES string of the molecule is NCCc1c(C2CCC2)[nH]c2c1COC2. The second-order valence-electron chi connectivity index (χ2n) is 4.63. The van der Waals surface area contributed by atoms with Crippen molar-refractivity contribution in [3.8, 4) is 0 Å². The normalized spacial score (nSPS) is 20.3. The van der Waals surface area contributed by atoms with Gasteiger partial charge in [0.1, 0.15) is 0 Å². The Morgan fingerprint density at radius 3 is 2.87 bits per heavy atom. The quantitative estimate of drug-likeness (QED) is 0.792. The van der Waals surface area contributed by atoms with Gasteiger partial charge in [0.2, 0.25) is 0 Å². The molecular formula is C12H18N2O. The summed E-state index contributed by atoms with van der Waals surface area (Å²) in [6.07, 6.45) is 5.07. The van der Waals surface area contributed by atoms with Gasteiger partial charge in [-0.3, -0.25) is 0 Å². The average Bonchev–Trinajstić information content (AvgIpc) is 2.67. The molecule has 0 saturated heterocycles. The average molecular weight is 206 g/mol. The first kappa shape index (κ1) is 9.43. The van der Waals surface area contributed by atoms with Crippen molar-refractivity contribution in [3.05, 3.63) is 22.5 Å². The summed E-state index contributed by atoms with van der Waals surface area (Å²) < 4.78 is 5.46. The molecule has 0 atom stereocenters. The fourth-order valence-electron chi connectivity index (χ4n) is 2.69. The minimum atomic E-state index is 0.740. The fourth-order valence-corrected chi connectivity index (χ4v) is 2.69. The zero-order chi connectivity index (χ0) is 10.3. The van der Waals surface area contributed by atoms with E-state index >= 15 is 0 Å². The molecule has 3 heteroatoms. The van der Waals surface area contributed by atoms with Crippen LogP contribution in [0.5, 0.6) is 0 Å². The molecule has 1 saturated carbocycles. The highest BCUT2D eigenvalue weighted by atomic mass is 16.5. The number of rotatable bonds is 3. The number of hydrogen-bond donors (Lipinski definition) is 2. The molecule has 2 aliphatic rings. The zero-order valence-electron chi connectivity index (χ0n) is 9.01. The number of ether oxygens (including phenoxy) is 1. The predicted molar refractivity (Wildman–Crippen MR) is 58.6 cm³/mol. The van der Waals surface area contributed by atoms with E-state index in [-0.39, 0.29) is 0 Å². The van der Waals surface area contributed by atoms with Crippen LogP contribution in [0, 0.1) is 0 Å². The van der Waals surface area contributed by atoms with E-state index in [4.69, 9.17) is 10.5 Å². The standard InChI is InChI=1S/C12H18N2O/c13-5-4-9-10-6-15-7-11(10)14-12(9)8-2-1-3-8/h8,14H,1-7,13H2. The molecule has 0 amide bonds. The molecule has 1 fully saturated rings. The number of hydrogen-bond acceptors (Lipinski definition) is 2. The fraction of sp³-hybridized carbons (Fsp3) is 0.667. The highest BCUT2D eigenvalue weighted by molar-refractivity contribution is 5.40. The van der Waals surface area contributed by atoms with Gasteiger partial charge in [-0.2, -0.15) is 0 Å². The van der Waals surface area contributed by atoms with Gasteiger partial charge >= 0.3 is 0 Å². The Balaban J connectivity index is 1.97. The molecule has 0 spiro atoms. The maximum Gasteiger partial charge on any atom is 0.0874 e. The van der Waals surface area contributed by atoms with Crippen LogP contribution in [0.25, 0.3) is 0 Å². The van der Waals surface area contributed by atoms with Crippen LogP contribution in [0.3, 0.4) is 0 Å². The van der Waals surface area contributed by atoms with E-state index in [2.05, 4.69) is 4.98 Å². The third-order valence-electron chi connectivity index (χ3n) is 3.74. The third-order valence-corrected chi connectivity index (χ3v) is 3.74. The Labute approximate surface area is 90.0 Å². The van der Waals surface area contributed by atoms with Gasteiger partial charge in [-0.25, -0.2) is 0 Å². The Hall–Kier alpha value is -0.800. The first-order chi connectivity index (χ1) is 7.40. The molecule has 0 radical (unpaired) electrons. The molecule has 0 aromatic carbocycles. The molecule has 1 aromatic heterocycles. The van der Waals surface area contributed by atoms with Crippen molar-refractivity contribution in [1.82, 2.24) is 4.98 Å². The molecule has 3 N–H and O–H groups in total. The lowest BCUT2D eigenvalue weighted by Gasteiger charge is -2.26. The van der Waals surface area contributed by atoms with Gasteiger partial charge in [-0.05, 0) is 37.3 Å². The third kappa shape index (κ3) is 1.42. The molecule has 3 rings (SSSR count). The van der Waals surface area contributed by atoms with Crippen molar-refractivity contribution in [2.24, 2.45) is 5.73 Å². The molecule has 1 aromatic rings. The number of nitrogens with two attached hydrogens (primary N) is 1. The van der Waals surface area contributed by atoms with E-state index in [9.17, 15) is 0 Å². The number of aromatic nitrogens is 1. The van der Waals surface area contributed by atoms with Crippen LogP contribution in [-0.2, 0) is 24.4 Å². The maximum absolute atomic E-state index is 5.69. The van der Waals surface area contributed by atoms with E-state index in [0.29, 0.717) is 0 Å². The van der Waals surface area contributed by atoms with Gasteiger partial charge in [0.25, 0.3) is 0 Å². The number of nitrogens with one attached hydrogen (secondary N) is 1. The first-order valence-corrected chi connectivity index (χ1v) is 5.90. The number of fused-ring (bicyclic) bond motifs is 1. The predicted octanol–water partition coefficient (Wildman–Crippen LogP) is 1.81. The van der Waals surface area contributed by atoms with Gasteiger partial charge in [-0.15, -0.1) is 0 Å². The lowest BCUT2D eigenvalue weighted by molar-refractivity contribution is 0.131. The Morgan fingerprint density at radius 1 is 1.33 bits per heavy atom. The van der Waals surface area contributed by atoms with E-state index in [1.807, 2.05) is 0 Å². The molecule has 0 bridgehead atoms. The lowest BCUT2D eigenvalue weighted by Crippen LogP contribution is -2.14. The van der Waals surface area contributed by atoms with E-state index in [1.165, 1.54) is 41.8 Å². The molecular weight excluding hydrogens is 188 g/mol. The Kier molecular flexibility index (Phi) is 2.29. The summed E-state index contributed by atoms with van der Waals surface area (Å²) in [5.74, 6) is 0.775. The number of aromatic amines is 1. The summed E-state index contributed by atoms with van der Waals surface area (Å²) in [5, 5.41) is 0. The van der Waals surface area contributed by atoms with Gasteiger partial charge in [0, 0.05) is 17.0 Å². The highest BCUT2D eigenvalue weighted by Gasteiger charge is 2.28. The van der Waals surface area contributed by atoms with E-state index in [1.54, 1.807) is 0 Å². The van der Waals surface area contributed by atoms with Crippen molar-refractivity contribution in [3.63, 3.8) is 0 Å². The molecule has 82 valence electrons. The molecule has 0 unspecified atom stereocenters. The van der Waals surface area contributed by atoms with Crippen LogP contribution >= 0.6 is 0 Å². The Bertz CT molecular complexity index is 366. The van der Waals surface area contributed by atoms with Gasteiger partial charge < -0.3 is 15.5 Å². The van der Waals surface area contributed by atoms with Crippen LogP contribution in [0.1, 0.15) is 47.7 Å². The molecule has 2 heterocycles. The summed E-state index contributed by atoms with van der Waals surface area (Å²) in [7, 11) is 0. The van der Waals surface area contributed by atoms with E-state index in [0.717, 1.165) is 32.1 Å². The minimum absolute atomic E-state index is 0.740. The summed E-state index contributed by atoms with van der Waals surface area (Å²) in [4.78, 5) is 3.57. The van der Waals surface area contributed by atoms with Crippen LogP contribution in [-0.4, -0.2) is 11.5 Å². The zero-order valence-corrected chi connectivity index (χ0v) is 9.01. The molecule has 3 nitrogen and oxygen atoms in total. The highest BCUT2D eigenvalue weighted by Crippen LogP contribution is 2.40. The van der Waals surface area contributed by atoms with Crippen molar-refractivity contribution >= 4 is 0 Å². The van der Waals surface area contributed by atoms with Crippen LogP contribution in [0.2, 0.25) is 0 Å². The van der Waals surface area contributed by atoms with Crippen molar-refractivity contribution in [2.75, 3.05) is 6.54 Å². The summed E-state index contributed by atoms with van der Waals surface area (Å²) in [6, 6.07) is 0. The number of H-pyrrole nitrogens is 1. The topological polar surface area (TPSA) is 51.0 Å². The van der Waals surface area contributed by atoms with Gasteiger partial charge in [-0.1, -0.05) is 6.42 Å². The van der Waals surface area contributed by atoms with Crippen LogP contribution < -0.4 is 5.73 Å². The monoisotopic (exact) mass is 206 g/mol. The minimum Gasteiger partial charge on any atom is -0.370 e. The van der Waals surface area contributed by atoms with Crippen LogP contribution in [0.4, 0.5) is 0 Å². The Morgan fingerprint density at radius 2 is 2.20 bits per heavy atom. The second kappa shape index (κ2) is 3.65. The van der Waals surface area contributed by atoms with Crippen molar-refractivity contribution < 1.29 is 4.74 Å². The lowest BCUT2D eigenvalue weighted by atomic mass is 9.81. The molecule has 1 aliphatic heterocycles. The summed E-state index contributed by atoms with van der Waals surface area (Å²) in [5.41, 5.74) is 11.3. The second-order valence-corrected chi connectivity index (χ2v) is 4.63. The largest absolute Gasteiger partial charge is 0.370 e. The van der Waals surface area contributed by atoms with Gasteiger partial charge in [0.05, 0.1) is 13.2 Å². The smallest absolute Gasteiger partial charge is 0.0874 e. The van der Waals surface area contributed by atoms with Gasteiger partial charge in [0.15, 0.2) is 0 Å². The van der Waals surface area contributed by atoms with Crippen LogP contribution in [0.15, 0.2) is 0 Å². The van der Waals surface area contributed by atoms with Crippen molar-refractivity contribution in [2.45, 2.75) is 44.8 Å². The maximum atomic E-state index is 5.69. The first-order valence-electron chi connectivity index (χ1n) is 5.90. The molecule has 1 aliphatic carbocycles. The molecule has 15 heavy (non-hydrogen) atoms.